The van der Waals surface area contributed by atoms with E-state index in [1.165, 1.54) is 17.0 Å². The molecule has 4 rings (SSSR count). The molecule has 0 fully saturated rings. The Morgan fingerprint density at radius 1 is 1.10 bits per heavy atom. The monoisotopic (exact) mass is 472 g/mol. The van der Waals surface area contributed by atoms with Gasteiger partial charge in [0.2, 0.25) is 5.91 Å². The predicted molar refractivity (Wildman–Crippen MR) is 114 cm³/mol. The smallest absolute Gasteiger partial charge is 0.256 e. The molecule has 0 bridgehead atoms. The molecule has 29 heavy (non-hydrogen) atoms. The van der Waals surface area contributed by atoms with Crippen LogP contribution in [0.3, 0.4) is 0 Å². The third-order valence-corrected chi connectivity index (χ3v) is 5.58. The van der Waals surface area contributed by atoms with Crippen molar-refractivity contribution in [3.8, 4) is 0 Å². The van der Waals surface area contributed by atoms with Crippen LogP contribution < -0.4 is 5.32 Å². The second-order valence-corrected chi connectivity index (χ2v) is 7.97. The Balaban J connectivity index is 1.91. The molecule has 0 aromatic heterocycles. The lowest BCUT2D eigenvalue weighted by atomic mass is 9.95. The Kier molecular flexibility index (Phi) is 5.39. The van der Waals surface area contributed by atoms with E-state index >= 15 is 0 Å². The van der Waals surface area contributed by atoms with Gasteiger partial charge in [-0.3, -0.25) is 9.59 Å². The maximum atomic E-state index is 13.6. The van der Waals surface area contributed by atoms with Gasteiger partial charge in [-0.05, 0) is 48.0 Å². The van der Waals surface area contributed by atoms with Crippen LogP contribution >= 0.6 is 27.5 Å². The number of fused-ring (bicyclic) bond motifs is 1. The molecule has 0 radical (unpaired) electrons. The number of amides is 2. The van der Waals surface area contributed by atoms with Crippen molar-refractivity contribution in [2.75, 3.05) is 11.9 Å². The minimum absolute atomic E-state index is 0.168. The average Bonchev–Trinajstić information content (AvgIpc) is 2.84. The average molecular weight is 474 g/mol. The number of hydrogen-bond acceptors (Lipinski definition) is 2. The molecule has 1 N–H and O–H groups in total. The summed E-state index contributed by atoms with van der Waals surface area (Å²) >= 11 is 9.71. The maximum absolute atomic E-state index is 13.6. The van der Waals surface area contributed by atoms with Gasteiger partial charge in [-0.25, -0.2) is 4.39 Å². The molecule has 146 valence electrons. The van der Waals surface area contributed by atoms with Crippen molar-refractivity contribution in [1.82, 2.24) is 4.90 Å². The summed E-state index contributed by atoms with van der Waals surface area (Å²) < 4.78 is 14.4. The number of rotatable bonds is 2. The minimum atomic E-state index is -0.606. The minimum Gasteiger partial charge on any atom is -0.324 e. The normalized spacial score (nSPS) is 16.0. The summed E-state index contributed by atoms with van der Waals surface area (Å²) in [4.78, 5) is 27.5. The molecule has 0 aliphatic carbocycles. The number of carbonyl (C=O) groups is 2. The SMILES string of the molecule is O=C1CN(C(=O)c2ccccc2Cl)C(c2ccc(F)cc2)c2cc(Br)ccc2N1. The van der Waals surface area contributed by atoms with Gasteiger partial charge in [-0.2, -0.15) is 0 Å². The Morgan fingerprint density at radius 3 is 2.55 bits per heavy atom. The van der Waals surface area contributed by atoms with E-state index in [4.69, 9.17) is 11.6 Å². The molecule has 1 unspecified atom stereocenters. The fraction of sp³-hybridized carbons (Fsp3) is 0.0909. The van der Waals surface area contributed by atoms with Gasteiger partial charge in [-0.15, -0.1) is 0 Å². The van der Waals surface area contributed by atoms with E-state index in [9.17, 15) is 14.0 Å². The third kappa shape index (κ3) is 3.91. The summed E-state index contributed by atoms with van der Waals surface area (Å²) in [5.41, 5.74) is 2.30. The molecule has 1 aliphatic rings. The van der Waals surface area contributed by atoms with E-state index < -0.39 is 6.04 Å². The van der Waals surface area contributed by atoms with Gasteiger partial charge in [0.1, 0.15) is 12.4 Å². The zero-order chi connectivity index (χ0) is 20.5. The van der Waals surface area contributed by atoms with E-state index in [2.05, 4.69) is 21.2 Å². The standard InChI is InChI=1S/C22H15BrClFN2O2/c23-14-7-10-19-17(11-14)21(13-5-8-15(25)9-6-13)27(12-20(28)26-19)22(29)16-3-1-2-4-18(16)24/h1-11,21H,12H2,(H,26,28). The molecule has 1 aliphatic heterocycles. The van der Waals surface area contributed by atoms with Crippen molar-refractivity contribution in [2.24, 2.45) is 0 Å². The molecule has 4 nitrogen and oxygen atoms in total. The van der Waals surface area contributed by atoms with Crippen LogP contribution in [0.4, 0.5) is 10.1 Å². The summed E-state index contributed by atoms with van der Waals surface area (Å²) in [6.45, 7) is -0.168. The molecule has 0 spiro atoms. The molecule has 3 aromatic rings. The molecular formula is C22H15BrClFN2O2. The Bertz CT molecular complexity index is 1100. The van der Waals surface area contributed by atoms with Crippen molar-refractivity contribution in [2.45, 2.75) is 6.04 Å². The van der Waals surface area contributed by atoms with Crippen LogP contribution in [0.2, 0.25) is 5.02 Å². The van der Waals surface area contributed by atoms with E-state index in [0.717, 1.165) is 10.0 Å². The zero-order valence-corrected chi connectivity index (χ0v) is 17.4. The van der Waals surface area contributed by atoms with Gasteiger partial charge in [-0.1, -0.05) is 51.8 Å². The molecule has 2 amide bonds. The van der Waals surface area contributed by atoms with Crippen LogP contribution in [0.15, 0.2) is 71.2 Å². The van der Waals surface area contributed by atoms with Crippen molar-refractivity contribution < 1.29 is 14.0 Å². The highest BCUT2D eigenvalue weighted by atomic mass is 79.9. The lowest BCUT2D eigenvalue weighted by molar-refractivity contribution is -0.117. The van der Waals surface area contributed by atoms with Crippen molar-refractivity contribution in [1.29, 1.82) is 0 Å². The topological polar surface area (TPSA) is 49.4 Å². The molecular weight excluding hydrogens is 459 g/mol. The number of hydrogen-bond donors (Lipinski definition) is 1. The number of nitrogens with zero attached hydrogens (tertiary/aromatic N) is 1. The summed E-state index contributed by atoms with van der Waals surface area (Å²) in [5.74, 6) is -1.08. The van der Waals surface area contributed by atoms with Crippen molar-refractivity contribution in [3.05, 3.63) is 98.7 Å². The molecule has 0 saturated carbocycles. The Labute approximate surface area is 180 Å². The van der Waals surface area contributed by atoms with Crippen LogP contribution in [-0.4, -0.2) is 23.3 Å². The molecule has 1 atom stereocenters. The summed E-state index contributed by atoms with van der Waals surface area (Å²) in [7, 11) is 0. The lowest BCUT2D eigenvalue weighted by Crippen LogP contribution is -2.39. The summed E-state index contributed by atoms with van der Waals surface area (Å²) in [6, 6.07) is 17.4. The van der Waals surface area contributed by atoms with Crippen LogP contribution in [0, 0.1) is 5.82 Å². The summed E-state index contributed by atoms with van der Waals surface area (Å²) in [5, 5.41) is 3.15. The number of benzene rings is 3. The maximum Gasteiger partial charge on any atom is 0.256 e. The van der Waals surface area contributed by atoms with Crippen molar-refractivity contribution in [3.63, 3.8) is 0 Å². The highest BCUT2D eigenvalue weighted by molar-refractivity contribution is 9.10. The molecule has 1 heterocycles. The van der Waals surface area contributed by atoms with Crippen LogP contribution in [0.25, 0.3) is 0 Å². The van der Waals surface area contributed by atoms with Gasteiger partial charge in [0.25, 0.3) is 5.91 Å². The van der Waals surface area contributed by atoms with Gasteiger partial charge in [0.05, 0.1) is 16.6 Å². The quantitative estimate of drug-likeness (QED) is 0.540. The van der Waals surface area contributed by atoms with Gasteiger partial charge in [0.15, 0.2) is 0 Å². The fourth-order valence-corrected chi connectivity index (χ4v) is 4.06. The number of nitrogens with one attached hydrogen (secondary N) is 1. The first-order valence-electron chi connectivity index (χ1n) is 8.84. The second-order valence-electron chi connectivity index (χ2n) is 6.65. The predicted octanol–water partition coefficient (Wildman–Crippen LogP) is 5.43. The fourth-order valence-electron chi connectivity index (χ4n) is 3.46. The van der Waals surface area contributed by atoms with E-state index in [1.807, 2.05) is 12.1 Å². The van der Waals surface area contributed by atoms with E-state index in [1.54, 1.807) is 42.5 Å². The Morgan fingerprint density at radius 2 is 1.83 bits per heavy atom. The largest absolute Gasteiger partial charge is 0.324 e. The Hall–Kier alpha value is -2.70. The number of anilines is 1. The van der Waals surface area contributed by atoms with Crippen LogP contribution in [0.1, 0.15) is 27.5 Å². The second kappa shape index (κ2) is 7.97. The highest BCUT2D eigenvalue weighted by Crippen LogP contribution is 2.38. The number of halogens is 3. The van der Waals surface area contributed by atoms with E-state index in [-0.39, 0.29) is 24.2 Å². The van der Waals surface area contributed by atoms with Crippen LogP contribution in [-0.2, 0) is 4.79 Å². The van der Waals surface area contributed by atoms with Gasteiger partial charge < -0.3 is 10.2 Å². The van der Waals surface area contributed by atoms with E-state index in [0.29, 0.717) is 21.8 Å². The first-order chi connectivity index (χ1) is 13.9. The third-order valence-electron chi connectivity index (χ3n) is 4.76. The molecule has 0 saturated heterocycles. The summed E-state index contributed by atoms with van der Waals surface area (Å²) in [6.07, 6.45) is 0. The first-order valence-corrected chi connectivity index (χ1v) is 10.0. The molecule has 7 heteroatoms. The molecule has 3 aromatic carbocycles. The van der Waals surface area contributed by atoms with Crippen LogP contribution in [0.5, 0.6) is 0 Å². The lowest BCUT2D eigenvalue weighted by Gasteiger charge is -2.31. The van der Waals surface area contributed by atoms with Crippen molar-refractivity contribution >= 4 is 45.0 Å². The number of carbonyl (C=O) groups excluding carboxylic acids is 2. The van der Waals surface area contributed by atoms with Gasteiger partial charge >= 0.3 is 0 Å². The first kappa shape index (κ1) is 19.6. The highest BCUT2D eigenvalue weighted by Gasteiger charge is 2.34. The van der Waals surface area contributed by atoms with Gasteiger partial charge in [0, 0.05) is 15.7 Å². The zero-order valence-electron chi connectivity index (χ0n) is 15.0.